The van der Waals surface area contributed by atoms with Crippen molar-refractivity contribution >= 4 is 5.97 Å². The minimum Gasteiger partial charge on any atom is -0.478 e. The summed E-state index contributed by atoms with van der Waals surface area (Å²) in [4.78, 5) is 10.1. The molecule has 10 heavy (non-hydrogen) atoms. The number of hydrogen-bond acceptors (Lipinski definition) is 3. The smallest absolute Gasteiger partial charge is 0.347 e. The van der Waals surface area contributed by atoms with Crippen LogP contribution in [0.3, 0.4) is 0 Å². The maximum absolute atomic E-state index is 10.1. The molecule has 1 unspecified atom stereocenters. The zero-order chi connectivity index (χ0) is 8.36. The molecular weight excluding hydrogens is 134 g/mol. The Balaban J connectivity index is 3.80. The highest BCUT2D eigenvalue weighted by molar-refractivity contribution is 5.71. The van der Waals surface area contributed by atoms with E-state index in [0.717, 1.165) is 0 Å². The van der Waals surface area contributed by atoms with E-state index >= 15 is 0 Å². The van der Waals surface area contributed by atoms with Crippen molar-refractivity contribution in [2.75, 3.05) is 0 Å². The van der Waals surface area contributed by atoms with Gasteiger partial charge in [-0.1, -0.05) is 0 Å². The molecule has 3 N–H and O–H groups in total. The Bertz CT molecular complexity index is 127. The summed E-state index contributed by atoms with van der Waals surface area (Å²) in [7, 11) is 0. The topological polar surface area (TPSA) is 69.6 Å². The molecule has 1 atom stereocenters. The summed E-state index contributed by atoms with van der Waals surface area (Å²) < 4.78 is 0. The van der Waals surface area contributed by atoms with Crippen molar-refractivity contribution in [3.05, 3.63) is 0 Å². The number of aliphatic hydroxyl groups is 1. The lowest BCUT2D eigenvalue weighted by atomic mass is 10.1. The fourth-order valence-corrected chi connectivity index (χ4v) is 0.472. The number of hydrogen-bond donors (Lipinski definition) is 3. The van der Waals surface area contributed by atoms with Gasteiger partial charge in [0.2, 0.25) is 6.23 Å². The van der Waals surface area contributed by atoms with E-state index in [1.807, 2.05) is 0 Å². The molecule has 0 aliphatic carbocycles. The highest BCUT2D eigenvalue weighted by Gasteiger charge is 2.19. The van der Waals surface area contributed by atoms with Gasteiger partial charge in [-0.15, -0.1) is 0 Å². The zero-order valence-corrected chi connectivity index (χ0v) is 6.38. The van der Waals surface area contributed by atoms with Gasteiger partial charge in [0.15, 0.2) is 0 Å². The summed E-state index contributed by atoms with van der Waals surface area (Å²) in [5.74, 6) is -1.25. The molecule has 0 heterocycles. The monoisotopic (exact) mass is 147 g/mol. The van der Waals surface area contributed by atoms with E-state index in [1.165, 1.54) is 0 Å². The van der Waals surface area contributed by atoms with E-state index in [0.29, 0.717) is 0 Å². The lowest BCUT2D eigenvalue weighted by molar-refractivity contribution is -0.149. The van der Waals surface area contributed by atoms with Gasteiger partial charge in [0.05, 0.1) is 0 Å². The molecule has 4 nitrogen and oxygen atoms in total. The molecule has 0 spiro atoms. The Labute approximate surface area is 59.9 Å². The molecule has 0 aliphatic heterocycles. The summed E-state index contributed by atoms with van der Waals surface area (Å²) >= 11 is 0. The maximum atomic E-state index is 10.1. The van der Waals surface area contributed by atoms with Crippen LogP contribution in [0.1, 0.15) is 20.8 Å². The van der Waals surface area contributed by atoms with Crippen LogP contribution >= 0.6 is 0 Å². The fourth-order valence-electron chi connectivity index (χ4n) is 0.472. The Morgan fingerprint density at radius 1 is 1.50 bits per heavy atom. The standard InChI is InChI=1S/C6H13NO3/c1-6(2,3)7-4(8)5(9)10/h4,7-8H,1-3H3,(H,9,10). The number of nitrogens with one attached hydrogen (secondary N) is 1. The first-order valence-electron chi connectivity index (χ1n) is 3.01. The lowest BCUT2D eigenvalue weighted by Gasteiger charge is -2.22. The Morgan fingerprint density at radius 2 is 1.90 bits per heavy atom. The number of aliphatic carboxylic acids is 1. The van der Waals surface area contributed by atoms with Gasteiger partial charge in [-0.3, -0.25) is 5.32 Å². The number of carboxylic acids is 1. The van der Waals surface area contributed by atoms with Gasteiger partial charge >= 0.3 is 5.97 Å². The maximum Gasteiger partial charge on any atom is 0.347 e. The van der Waals surface area contributed by atoms with Gasteiger partial charge in [-0.25, -0.2) is 4.79 Å². The molecular formula is C6H13NO3. The lowest BCUT2D eigenvalue weighted by Crippen LogP contribution is -2.47. The number of carbonyl (C=O) groups is 1. The third-order valence-corrected chi connectivity index (χ3v) is 0.804. The first kappa shape index (κ1) is 9.39. The van der Waals surface area contributed by atoms with Crippen molar-refractivity contribution in [2.24, 2.45) is 0 Å². The Hall–Kier alpha value is -0.610. The van der Waals surface area contributed by atoms with Crippen LogP contribution < -0.4 is 5.32 Å². The van der Waals surface area contributed by atoms with Crippen LogP contribution in [0.25, 0.3) is 0 Å². The summed E-state index contributed by atoms with van der Waals surface area (Å²) in [6, 6.07) is 0. The van der Waals surface area contributed by atoms with Crippen molar-refractivity contribution in [1.82, 2.24) is 5.32 Å². The van der Waals surface area contributed by atoms with Gasteiger partial charge in [0.1, 0.15) is 0 Å². The predicted molar refractivity (Wildman–Crippen MR) is 36.5 cm³/mol. The largest absolute Gasteiger partial charge is 0.478 e. The van der Waals surface area contributed by atoms with E-state index in [9.17, 15) is 4.79 Å². The van der Waals surface area contributed by atoms with Crippen molar-refractivity contribution in [2.45, 2.75) is 32.5 Å². The van der Waals surface area contributed by atoms with Crippen molar-refractivity contribution in [1.29, 1.82) is 0 Å². The van der Waals surface area contributed by atoms with Crippen molar-refractivity contribution in [3.63, 3.8) is 0 Å². The van der Waals surface area contributed by atoms with Crippen LogP contribution in [-0.4, -0.2) is 27.9 Å². The number of rotatable bonds is 2. The Morgan fingerprint density at radius 3 is 2.00 bits per heavy atom. The third kappa shape index (κ3) is 4.29. The van der Waals surface area contributed by atoms with Gasteiger partial charge in [0.25, 0.3) is 0 Å². The quantitative estimate of drug-likeness (QED) is 0.472. The zero-order valence-electron chi connectivity index (χ0n) is 6.38. The van der Waals surface area contributed by atoms with Crippen LogP contribution in [0.15, 0.2) is 0 Å². The molecule has 0 aromatic rings. The van der Waals surface area contributed by atoms with Crippen LogP contribution in [-0.2, 0) is 4.79 Å². The third-order valence-electron chi connectivity index (χ3n) is 0.804. The molecule has 60 valence electrons. The van der Waals surface area contributed by atoms with E-state index in [4.69, 9.17) is 10.2 Å². The van der Waals surface area contributed by atoms with Crippen LogP contribution in [0, 0.1) is 0 Å². The number of carboxylic acid groups (broad SMARTS) is 1. The van der Waals surface area contributed by atoms with Gasteiger partial charge in [-0.2, -0.15) is 0 Å². The van der Waals surface area contributed by atoms with Crippen LogP contribution in [0.4, 0.5) is 0 Å². The SMILES string of the molecule is CC(C)(C)NC(O)C(=O)O. The normalized spacial score (nSPS) is 14.8. The van der Waals surface area contributed by atoms with E-state index in [2.05, 4.69) is 5.32 Å². The molecule has 0 saturated carbocycles. The molecule has 0 fully saturated rings. The molecule has 0 aromatic carbocycles. The minimum atomic E-state index is -1.47. The average Bonchev–Trinajstić information content (AvgIpc) is 1.60. The first-order valence-corrected chi connectivity index (χ1v) is 3.01. The second kappa shape index (κ2) is 2.98. The highest BCUT2D eigenvalue weighted by atomic mass is 16.4. The summed E-state index contributed by atoms with van der Waals surface area (Å²) in [5, 5.41) is 19.5. The molecule has 0 rings (SSSR count). The van der Waals surface area contributed by atoms with Crippen LogP contribution in [0.2, 0.25) is 0 Å². The second-order valence-electron chi connectivity index (χ2n) is 3.14. The number of aliphatic hydroxyl groups excluding tert-OH is 1. The van der Waals surface area contributed by atoms with E-state index < -0.39 is 12.2 Å². The second-order valence-corrected chi connectivity index (χ2v) is 3.14. The first-order chi connectivity index (χ1) is 4.33. The van der Waals surface area contributed by atoms with Crippen molar-refractivity contribution in [3.8, 4) is 0 Å². The molecule has 0 radical (unpaired) electrons. The highest BCUT2D eigenvalue weighted by Crippen LogP contribution is 1.99. The van der Waals surface area contributed by atoms with E-state index in [-0.39, 0.29) is 5.54 Å². The van der Waals surface area contributed by atoms with Gasteiger partial charge in [0, 0.05) is 5.54 Å². The minimum absolute atomic E-state index is 0.377. The predicted octanol–water partition coefficient (Wildman–Crippen LogP) is -0.223. The van der Waals surface area contributed by atoms with E-state index in [1.54, 1.807) is 20.8 Å². The molecule has 4 heteroatoms. The summed E-state index contributed by atoms with van der Waals surface area (Å²) in [5.41, 5.74) is -0.377. The van der Waals surface area contributed by atoms with Gasteiger partial charge < -0.3 is 10.2 Å². The summed E-state index contributed by atoms with van der Waals surface area (Å²) in [6.07, 6.45) is -1.47. The molecule has 0 bridgehead atoms. The molecule has 0 aliphatic rings. The molecule has 0 amide bonds. The average molecular weight is 147 g/mol. The van der Waals surface area contributed by atoms with Gasteiger partial charge in [-0.05, 0) is 20.8 Å². The van der Waals surface area contributed by atoms with Crippen molar-refractivity contribution < 1.29 is 15.0 Å². The summed E-state index contributed by atoms with van der Waals surface area (Å²) in [6.45, 7) is 5.33. The fraction of sp³-hybridized carbons (Fsp3) is 0.833. The molecule has 0 aromatic heterocycles. The Kier molecular flexibility index (Phi) is 2.80. The molecule has 0 saturated heterocycles. The van der Waals surface area contributed by atoms with Crippen LogP contribution in [0.5, 0.6) is 0 Å².